The molecule has 0 saturated carbocycles. The Hall–Kier alpha value is -1.87. The Labute approximate surface area is 126 Å². The summed E-state index contributed by atoms with van der Waals surface area (Å²) in [5.74, 6) is -0.00282. The predicted molar refractivity (Wildman–Crippen MR) is 84.3 cm³/mol. The fourth-order valence-electron chi connectivity index (χ4n) is 2.46. The number of hydrogen-bond donors (Lipinski definition) is 1. The van der Waals surface area contributed by atoms with E-state index in [1.54, 1.807) is 12.1 Å². The second-order valence-electron chi connectivity index (χ2n) is 5.18. The van der Waals surface area contributed by atoms with Gasteiger partial charge in [0.25, 0.3) is 0 Å². The number of aryl methyl sites for hydroxylation is 1. The molecule has 0 aliphatic heterocycles. The Bertz CT molecular complexity index is 556. The van der Waals surface area contributed by atoms with Gasteiger partial charge in [0, 0.05) is 6.04 Å². The van der Waals surface area contributed by atoms with Crippen LogP contribution in [-0.2, 0) is 12.8 Å². The average Bonchev–Trinajstić information content (AvgIpc) is 2.52. The quantitative estimate of drug-likeness (QED) is 0.840. The molecule has 0 fully saturated rings. The molecule has 0 spiro atoms. The molecule has 0 aliphatic carbocycles. The number of ether oxygens (including phenoxy) is 1. The fourth-order valence-corrected chi connectivity index (χ4v) is 2.46. The van der Waals surface area contributed by atoms with Crippen LogP contribution < -0.4 is 10.1 Å². The van der Waals surface area contributed by atoms with Crippen LogP contribution in [0, 0.1) is 5.82 Å². The van der Waals surface area contributed by atoms with Crippen LogP contribution in [0.3, 0.4) is 0 Å². The fraction of sp³-hybridized carbons (Fsp3) is 0.333. The van der Waals surface area contributed by atoms with Crippen molar-refractivity contribution in [3.8, 4) is 5.75 Å². The molecule has 0 radical (unpaired) electrons. The molecule has 0 saturated heterocycles. The molecule has 2 rings (SSSR count). The lowest BCUT2D eigenvalue weighted by atomic mass is 9.99. The SMILES string of the molecule is CNC(CCc1ccccc1)Cc1ccc(OC)c(F)c1. The van der Waals surface area contributed by atoms with Crippen LogP contribution in [0.2, 0.25) is 0 Å². The highest BCUT2D eigenvalue weighted by atomic mass is 19.1. The van der Waals surface area contributed by atoms with Gasteiger partial charge in [0.1, 0.15) is 0 Å². The summed E-state index contributed by atoms with van der Waals surface area (Å²) >= 11 is 0. The molecule has 1 N–H and O–H groups in total. The Morgan fingerprint density at radius 2 is 1.86 bits per heavy atom. The van der Waals surface area contributed by atoms with Gasteiger partial charge in [-0.2, -0.15) is 0 Å². The van der Waals surface area contributed by atoms with Gasteiger partial charge in [0.05, 0.1) is 7.11 Å². The molecular weight excluding hydrogens is 265 g/mol. The maximum Gasteiger partial charge on any atom is 0.165 e. The number of methoxy groups -OCH3 is 1. The van der Waals surface area contributed by atoms with Crippen molar-refractivity contribution in [2.75, 3.05) is 14.2 Å². The van der Waals surface area contributed by atoms with E-state index in [0.717, 1.165) is 24.8 Å². The van der Waals surface area contributed by atoms with Gasteiger partial charge in [0.2, 0.25) is 0 Å². The topological polar surface area (TPSA) is 21.3 Å². The normalized spacial score (nSPS) is 12.1. The van der Waals surface area contributed by atoms with E-state index in [1.807, 2.05) is 19.2 Å². The molecule has 0 aliphatic rings. The third kappa shape index (κ3) is 4.57. The molecule has 3 heteroatoms. The van der Waals surface area contributed by atoms with Gasteiger partial charge in [-0.3, -0.25) is 0 Å². The first kappa shape index (κ1) is 15.5. The predicted octanol–water partition coefficient (Wildman–Crippen LogP) is 3.60. The Kier molecular flexibility index (Phi) is 5.76. The average molecular weight is 287 g/mol. The van der Waals surface area contributed by atoms with E-state index in [4.69, 9.17) is 4.74 Å². The number of halogens is 1. The minimum absolute atomic E-state index is 0.295. The van der Waals surface area contributed by atoms with E-state index in [2.05, 4.69) is 29.6 Å². The minimum atomic E-state index is -0.298. The van der Waals surface area contributed by atoms with Crippen molar-refractivity contribution in [2.45, 2.75) is 25.3 Å². The first-order valence-electron chi connectivity index (χ1n) is 7.26. The largest absolute Gasteiger partial charge is 0.494 e. The van der Waals surface area contributed by atoms with Gasteiger partial charge in [-0.1, -0.05) is 36.4 Å². The van der Waals surface area contributed by atoms with Crippen molar-refractivity contribution >= 4 is 0 Å². The molecular formula is C18H22FNO. The van der Waals surface area contributed by atoms with Crippen molar-refractivity contribution in [3.63, 3.8) is 0 Å². The molecule has 21 heavy (non-hydrogen) atoms. The van der Waals surface area contributed by atoms with Crippen LogP contribution in [0.25, 0.3) is 0 Å². The first-order chi connectivity index (χ1) is 10.2. The number of hydrogen-bond acceptors (Lipinski definition) is 2. The van der Waals surface area contributed by atoms with E-state index in [1.165, 1.54) is 12.7 Å². The highest BCUT2D eigenvalue weighted by Gasteiger charge is 2.10. The van der Waals surface area contributed by atoms with Gasteiger partial charge < -0.3 is 10.1 Å². The Morgan fingerprint density at radius 3 is 2.48 bits per heavy atom. The molecule has 0 bridgehead atoms. The summed E-state index contributed by atoms with van der Waals surface area (Å²) in [6.45, 7) is 0. The van der Waals surface area contributed by atoms with Crippen LogP contribution in [0.15, 0.2) is 48.5 Å². The van der Waals surface area contributed by atoms with Crippen molar-refractivity contribution < 1.29 is 9.13 Å². The van der Waals surface area contributed by atoms with Gasteiger partial charge >= 0.3 is 0 Å². The van der Waals surface area contributed by atoms with E-state index in [0.29, 0.717) is 11.8 Å². The molecule has 1 unspecified atom stereocenters. The first-order valence-corrected chi connectivity index (χ1v) is 7.26. The summed E-state index contributed by atoms with van der Waals surface area (Å²) in [6, 6.07) is 15.9. The van der Waals surface area contributed by atoms with Crippen molar-refractivity contribution in [3.05, 3.63) is 65.5 Å². The van der Waals surface area contributed by atoms with E-state index >= 15 is 0 Å². The van der Waals surface area contributed by atoms with Crippen molar-refractivity contribution in [1.82, 2.24) is 5.32 Å². The Balaban J connectivity index is 1.94. The van der Waals surface area contributed by atoms with E-state index in [-0.39, 0.29) is 5.82 Å². The zero-order chi connectivity index (χ0) is 15.1. The third-order valence-electron chi connectivity index (χ3n) is 3.73. The molecule has 1 atom stereocenters. The zero-order valence-electron chi connectivity index (χ0n) is 12.6. The third-order valence-corrected chi connectivity index (χ3v) is 3.73. The summed E-state index contributed by atoms with van der Waals surface area (Å²) in [5, 5.41) is 3.32. The van der Waals surface area contributed by atoms with Crippen LogP contribution in [-0.4, -0.2) is 20.2 Å². The number of likely N-dealkylation sites (N-methyl/N-ethyl adjacent to an activating group) is 1. The molecule has 2 aromatic rings. The second kappa shape index (κ2) is 7.79. The summed E-state index contributed by atoms with van der Waals surface area (Å²) in [4.78, 5) is 0. The Morgan fingerprint density at radius 1 is 1.10 bits per heavy atom. The molecule has 0 amide bonds. The monoisotopic (exact) mass is 287 g/mol. The van der Waals surface area contributed by atoms with Crippen LogP contribution in [0.5, 0.6) is 5.75 Å². The minimum Gasteiger partial charge on any atom is -0.494 e. The standard InChI is InChI=1S/C18H22FNO/c1-20-16(10-8-14-6-4-3-5-7-14)12-15-9-11-18(21-2)17(19)13-15/h3-7,9,11,13,16,20H,8,10,12H2,1-2H3. The molecule has 0 aromatic heterocycles. The summed E-state index contributed by atoms with van der Waals surface area (Å²) in [5.41, 5.74) is 2.32. The van der Waals surface area contributed by atoms with Crippen molar-refractivity contribution in [2.24, 2.45) is 0 Å². The summed E-state index contributed by atoms with van der Waals surface area (Å²) in [7, 11) is 3.43. The van der Waals surface area contributed by atoms with Gasteiger partial charge in [-0.15, -0.1) is 0 Å². The number of nitrogens with one attached hydrogen (secondary N) is 1. The molecule has 0 heterocycles. The van der Waals surface area contributed by atoms with Gasteiger partial charge in [-0.05, 0) is 49.6 Å². The van der Waals surface area contributed by atoms with Crippen LogP contribution in [0.4, 0.5) is 4.39 Å². The molecule has 112 valence electrons. The lowest BCUT2D eigenvalue weighted by Gasteiger charge is -2.16. The second-order valence-corrected chi connectivity index (χ2v) is 5.18. The van der Waals surface area contributed by atoms with Gasteiger partial charge in [0.15, 0.2) is 11.6 Å². The van der Waals surface area contributed by atoms with E-state index < -0.39 is 0 Å². The lowest BCUT2D eigenvalue weighted by molar-refractivity contribution is 0.386. The summed E-state index contributed by atoms with van der Waals surface area (Å²) < 4.78 is 18.7. The van der Waals surface area contributed by atoms with Crippen LogP contribution >= 0.6 is 0 Å². The van der Waals surface area contributed by atoms with Crippen molar-refractivity contribution in [1.29, 1.82) is 0 Å². The number of benzene rings is 2. The number of rotatable bonds is 7. The maximum atomic E-state index is 13.7. The summed E-state index contributed by atoms with van der Waals surface area (Å²) in [6.07, 6.45) is 2.85. The highest BCUT2D eigenvalue weighted by molar-refractivity contribution is 5.29. The molecule has 2 aromatic carbocycles. The van der Waals surface area contributed by atoms with Gasteiger partial charge in [-0.25, -0.2) is 4.39 Å². The highest BCUT2D eigenvalue weighted by Crippen LogP contribution is 2.19. The van der Waals surface area contributed by atoms with Crippen LogP contribution in [0.1, 0.15) is 17.5 Å². The lowest BCUT2D eigenvalue weighted by Crippen LogP contribution is -2.28. The molecule has 2 nitrogen and oxygen atoms in total. The van der Waals surface area contributed by atoms with E-state index in [9.17, 15) is 4.39 Å². The smallest absolute Gasteiger partial charge is 0.165 e. The zero-order valence-corrected chi connectivity index (χ0v) is 12.6. The maximum absolute atomic E-state index is 13.7.